The van der Waals surface area contributed by atoms with Gasteiger partial charge in [0.05, 0.1) is 23.4 Å². The lowest BCUT2D eigenvalue weighted by atomic mass is 10.3. The van der Waals surface area contributed by atoms with Crippen LogP contribution >= 0.6 is 27.5 Å². The molecular formula is C10H5BrClN3O3. The number of non-ortho nitro benzene ring substituents is 1. The van der Waals surface area contributed by atoms with Crippen LogP contribution in [0.25, 0.3) is 0 Å². The first-order valence-corrected chi connectivity index (χ1v) is 5.82. The maximum Gasteiger partial charge on any atom is 0.274 e. The van der Waals surface area contributed by atoms with E-state index in [0.717, 1.165) is 0 Å². The summed E-state index contributed by atoms with van der Waals surface area (Å²) in [6.07, 6.45) is 2.72. The molecule has 2 aromatic rings. The summed E-state index contributed by atoms with van der Waals surface area (Å²) in [6, 6.07) is 4.24. The van der Waals surface area contributed by atoms with Gasteiger partial charge in [-0.3, -0.25) is 15.1 Å². The van der Waals surface area contributed by atoms with Crippen LogP contribution in [0, 0.1) is 10.1 Å². The molecule has 6 nitrogen and oxygen atoms in total. The Hall–Kier alpha value is -1.73. The topological polar surface area (TPSA) is 78.2 Å². The molecule has 0 N–H and O–H groups in total. The number of aromatic nitrogens is 2. The van der Waals surface area contributed by atoms with Crippen LogP contribution in [0.5, 0.6) is 11.6 Å². The van der Waals surface area contributed by atoms with E-state index in [2.05, 4.69) is 25.9 Å². The number of hydrogen-bond acceptors (Lipinski definition) is 5. The Bertz CT molecular complexity index is 609. The highest BCUT2D eigenvalue weighted by Gasteiger charge is 2.10. The first-order valence-electron chi connectivity index (χ1n) is 4.65. The fourth-order valence-corrected chi connectivity index (χ4v) is 1.81. The third kappa shape index (κ3) is 3.14. The molecule has 18 heavy (non-hydrogen) atoms. The largest absolute Gasteiger partial charge is 0.437 e. The first kappa shape index (κ1) is 12.7. The average molecular weight is 331 g/mol. The summed E-state index contributed by atoms with van der Waals surface area (Å²) in [5, 5.41) is 10.9. The van der Waals surface area contributed by atoms with Crippen molar-refractivity contribution < 1.29 is 9.66 Å². The zero-order chi connectivity index (χ0) is 13.1. The van der Waals surface area contributed by atoms with Crippen molar-refractivity contribution >= 4 is 33.2 Å². The molecule has 0 radical (unpaired) electrons. The molecule has 0 saturated heterocycles. The Kier molecular flexibility index (Phi) is 3.73. The number of nitro groups is 1. The van der Waals surface area contributed by atoms with Crippen LogP contribution in [0.3, 0.4) is 0 Å². The second-order valence-corrected chi connectivity index (χ2v) is 4.49. The van der Waals surface area contributed by atoms with Gasteiger partial charge in [0, 0.05) is 10.5 Å². The highest BCUT2D eigenvalue weighted by molar-refractivity contribution is 9.10. The van der Waals surface area contributed by atoms with E-state index in [-0.39, 0.29) is 22.5 Å². The van der Waals surface area contributed by atoms with Gasteiger partial charge in [-0.2, -0.15) is 4.98 Å². The predicted molar refractivity (Wildman–Crippen MR) is 67.9 cm³/mol. The Morgan fingerprint density at radius 1 is 1.33 bits per heavy atom. The lowest BCUT2D eigenvalue weighted by Gasteiger charge is -2.04. The van der Waals surface area contributed by atoms with Crippen molar-refractivity contribution in [2.24, 2.45) is 0 Å². The molecule has 2 rings (SSSR count). The van der Waals surface area contributed by atoms with Gasteiger partial charge in [0.15, 0.2) is 5.15 Å². The predicted octanol–water partition coefficient (Wildman–Crippen LogP) is 3.59. The third-order valence-corrected chi connectivity index (χ3v) is 2.51. The number of ether oxygens (including phenoxy) is 1. The van der Waals surface area contributed by atoms with Gasteiger partial charge < -0.3 is 4.74 Å². The van der Waals surface area contributed by atoms with Gasteiger partial charge in [-0.15, -0.1) is 0 Å². The highest BCUT2D eigenvalue weighted by Crippen LogP contribution is 2.29. The number of rotatable bonds is 3. The molecule has 1 aromatic carbocycles. The summed E-state index contributed by atoms with van der Waals surface area (Å²) in [5.74, 6) is 0.433. The molecule has 8 heteroatoms. The Morgan fingerprint density at radius 2 is 2.11 bits per heavy atom. The van der Waals surface area contributed by atoms with E-state index in [0.29, 0.717) is 4.47 Å². The zero-order valence-corrected chi connectivity index (χ0v) is 11.1. The van der Waals surface area contributed by atoms with Crippen molar-refractivity contribution in [1.29, 1.82) is 0 Å². The molecule has 1 aromatic heterocycles. The molecule has 0 unspecified atom stereocenters. The molecule has 0 spiro atoms. The summed E-state index contributed by atoms with van der Waals surface area (Å²) in [7, 11) is 0. The standard InChI is InChI=1S/C10H5BrClN3O3/c11-6-1-7(15(16)17)3-8(2-6)18-10-5-13-4-9(12)14-10/h1-5H. The second kappa shape index (κ2) is 5.28. The molecule has 0 bridgehead atoms. The summed E-state index contributed by atoms with van der Waals surface area (Å²) in [6.45, 7) is 0. The normalized spacial score (nSPS) is 10.1. The lowest BCUT2D eigenvalue weighted by Crippen LogP contribution is -1.92. The van der Waals surface area contributed by atoms with Crippen LogP contribution in [0.4, 0.5) is 5.69 Å². The number of hydrogen-bond donors (Lipinski definition) is 0. The SMILES string of the molecule is O=[N+]([O-])c1cc(Br)cc(Oc2cncc(Cl)n2)c1. The van der Waals surface area contributed by atoms with Gasteiger partial charge in [-0.05, 0) is 6.07 Å². The van der Waals surface area contributed by atoms with E-state index >= 15 is 0 Å². The molecule has 0 fully saturated rings. The minimum absolute atomic E-state index is 0.0886. The summed E-state index contributed by atoms with van der Waals surface area (Å²) < 4.78 is 5.87. The fraction of sp³-hybridized carbons (Fsp3) is 0. The van der Waals surface area contributed by atoms with Crippen LogP contribution in [0.2, 0.25) is 5.15 Å². The van der Waals surface area contributed by atoms with Gasteiger partial charge in [0.1, 0.15) is 5.75 Å². The molecule has 0 aliphatic heterocycles. The maximum atomic E-state index is 10.7. The van der Waals surface area contributed by atoms with Gasteiger partial charge in [0.25, 0.3) is 5.69 Å². The number of benzene rings is 1. The van der Waals surface area contributed by atoms with Crippen LogP contribution in [-0.4, -0.2) is 14.9 Å². The van der Waals surface area contributed by atoms with E-state index in [4.69, 9.17) is 16.3 Å². The molecule has 0 saturated carbocycles. The summed E-state index contributed by atoms with van der Waals surface area (Å²) in [5.41, 5.74) is -0.0886. The monoisotopic (exact) mass is 329 g/mol. The lowest BCUT2D eigenvalue weighted by molar-refractivity contribution is -0.385. The maximum absolute atomic E-state index is 10.7. The van der Waals surface area contributed by atoms with Crippen molar-refractivity contribution in [3.05, 3.63) is 50.3 Å². The Labute approximate surface area is 115 Å². The molecule has 92 valence electrons. The van der Waals surface area contributed by atoms with Gasteiger partial charge in [-0.1, -0.05) is 27.5 Å². The van der Waals surface area contributed by atoms with Crippen LogP contribution < -0.4 is 4.74 Å². The quantitative estimate of drug-likeness (QED) is 0.635. The molecule has 1 heterocycles. The molecule has 0 aliphatic carbocycles. The van der Waals surface area contributed by atoms with E-state index < -0.39 is 4.92 Å². The van der Waals surface area contributed by atoms with Crippen molar-refractivity contribution in [3.63, 3.8) is 0 Å². The van der Waals surface area contributed by atoms with E-state index in [9.17, 15) is 10.1 Å². The second-order valence-electron chi connectivity index (χ2n) is 3.18. The minimum Gasteiger partial charge on any atom is -0.437 e. The third-order valence-electron chi connectivity index (χ3n) is 1.87. The van der Waals surface area contributed by atoms with Gasteiger partial charge >= 0.3 is 0 Å². The minimum atomic E-state index is -0.513. The fourth-order valence-electron chi connectivity index (χ4n) is 1.21. The van der Waals surface area contributed by atoms with Crippen LogP contribution in [0.15, 0.2) is 35.1 Å². The van der Waals surface area contributed by atoms with E-state index in [1.54, 1.807) is 6.07 Å². The smallest absolute Gasteiger partial charge is 0.274 e. The van der Waals surface area contributed by atoms with Crippen molar-refractivity contribution in [1.82, 2.24) is 9.97 Å². The summed E-state index contributed by atoms with van der Waals surface area (Å²) >= 11 is 8.82. The zero-order valence-electron chi connectivity index (χ0n) is 8.71. The first-order chi connectivity index (χ1) is 8.54. The Morgan fingerprint density at radius 3 is 2.78 bits per heavy atom. The van der Waals surface area contributed by atoms with Crippen molar-refractivity contribution in [2.45, 2.75) is 0 Å². The molecule has 0 atom stereocenters. The van der Waals surface area contributed by atoms with E-state index in [1.165, 1.54) is 24.5 Å². The van der Waals surface area contributed by atoms with Crippen LogP contribution in [0.1, 0.15) is 0 Å². The molecular weight excluding hydrogens is 325 g/mol. The van der Waals surface area contributed by atoms with Gasteiger partial charge in [-0.25, -0.2) is 0 Å². The van der Waals surface area contributed by atoms with Crippen molar-refractivity contribution in [3.8, 4) is 11.6 Å². The Balaban J connectivity index is 2.31. The van der Waals surface area contributed by atoms with Gasteiger partial charge in [0.2, 0.25) is 5.88 Å². The average Bonchev–Trinajstić information content (AvgIpc) is 2.28. The van der Waals surface area contributed by atoms with Crippen LogP contribution in [-0.2, 0) is 0 Å². The number of nitro benzene ring substituents is 1. The van der Waals surface area contributed by atoms with E-state index in [1.807, 2.05) is 0 Å². The highest BCUT2D eigenvalue weighted by atomic mass is 79.9. The molecule has 0 aliphatic rings. The number of nitrogens with zero attached hydrogens (tertiary/aromatic N) is 3. The summed E-state index contributed by atoms with van der Waals surface area (Å²) in [4.78, 5) is 17.8. The number of halogens is 2. The molecule has 0 amide bonds. The van der Waals surface area contributed by atoms with Crippen molar-refractivity contribution in [2.75, 3.05) is 0 Å².